The lowest BCUT2D eigenvalue weighted by molar-refractivity contribution is 0.101. The first-order chi connectivity index (χ1) is 12.0. The molecule has 3 aromatic rings. The molecule has 0 fully saturated rings. The van der Waals surface area contributed by atoms with Crippen LogP contribution in [0.3, 0.4) is 0 Å². The van der Waals surface area contributed by atoms with Crippen molar-refractivity contribution >= 4 is 34.7 Å². The maximum Gasteiger partial charge on any atom is 0.283 e. The molecule has 1 heterocycles. The Kier molecular flexibility index (Phi) is 5.20. The third kappa shape index (κ3) is 4.28. The van der Waals surface area contributed by atoms with Crippen LogP contribution < -0.4 is 10.1 Å². The van der Waals surface area contributed by atoms with Gasteiger partial charge in [-0.15, -0.1) is 5.10 Å². The van der Waals surface area contributed by atoms with Gasteiger partial charge in [-0.05, 0) is 47.9 Å². The van der Waals surface area contributed by atoms with Crippen molar-refractivity contribution in [1.82, 2.24) is 9.59 Å². The van der Waals surface area contributed by atoms with Gasteiger partial charge in [0.2, 0.25) is 0 Å². The first-order valence-electron chi connectivity index (χ1n) is 6.98. The Morgan fingerprint density at radius 1 is 1.16 bits per heavy atom. The number of carbonyl (C=O) groups is 1. The van der Waals surface area contributed by atoms with Gasteiger partial charge in [0.15, 0.2) is 5.69 Å². The number of amides is 1. The van der Waals surface area contributed by atoms with Gasteiger partial charge in [-0.25, -0.2) is 8.78 Å². The highest BCUT2D eigenvalue weighted by Crippen LogP contribution is 2.27. The number of alkyl halides is 2. The Labute approximate surface area is 150 Å². The lowest BCUT2D eigenvalue weighted by Gasteiger charge is -2.09. The van der Waals surface area contributed by atoms with E-state index in [0.29, 0.717) is 33.7 Å². The number of hydrogen-bond donors (Lipinski definition) is 1. The highest BCUT2D eigenvalue weighted by molar-refractivity contribution is 7.08. The Balaban J connectivity index is 1.74. The zero-order valence-corrected chi connectivity index (χ0v) is 14.0. The minimum Gasteiger partial charge on any atom is -0.457 e. The van der Waals surface area contributed by atoms with E-state index >= 15 is 0 Å². The number of carbonyl (C=O) groups excluding carboxylic acids is 1. The maximum atomic E-state index is 12.8. The summed E-state index contributed by atoms with van der Waals surface area (Å²) >= 11 is 6.43. The van der Waals surface area contributed by atoms with Crippen LogP contribution in [-0.4, -0.2) is 15.5 Å². The fourth-order valence-corrected chi connectivity index (χ4v) is 2.66. The number of halogens is 3. The van der Waals surface area contributed by atoms with Crippen LogP contribution >= 0.6 is 23.1 Å². The van der Waals surface area contributed by atoms with Gasteiger partial charge in [0.25, 0.3) is 12.3 Å². The molecule has 0 radical (unpaired) electrons. The first kappa shape index (κ1) is 17.2. The minimum absolute atomic E-state index is 0.223. The van der Waals surface area contributed by atoms with E-state index in [1.165, 1.54) is 0 Å². The van der Waals surface area contributed by atoms with Crippen molar-refractivity contribution in [1.29, 1.82) is 0 Å². The summed E-state index contributed by atoms with van der Waals surface area (Å²) in [6.45, 7) is 0. The average Bonchev–Trinajstić information content (AvgIpc) is 3.07. The number of ether oxygens (including phenoxy) is 1. The van der Waals surface area contributed by atoms with E-state index in [0.717, 1.165) is 0 Å². The number of anilines is 1. The van der Waals surface area contributed by atoms with Crippen LogP contribution in [0.1, 0.15) is 21.8 Å². The molecule has 0 saturated heterocycles. The summed E-state index contributed by atoms with van der Waals surface area (Å²) in [7, 11) is 0. The molecule has 0 bridgehead atoms. The van der Waals surface area contributed by atoms with E-state index in [1.807, 2.05) is 0 Å². The quantitative estimate of drug-likeness (QED) is 0.661. The van der Waals surface area contributed by atoms with E-state index in [2.05, 4.69) is 14.9 Å². The smallest absolute Gasteiger partial charge is 0.283 e. The largest absolute Gasteiger partial charge is 0.457 e. The SMILES string of the molecule is O=C(Nc1cccc(Oc2ccc(Cl)cc2)c1)c1snnc1C(F)F. The summed E-state index contributed by atoms with van der Waals surface area (Å²) in [5, 5.41) is 6.40. The summed E-state index contributed by atoms with van der Waals surface area (Å²) < 4.78 is 34.6. The van der Waals surface area contributed by atoms with Crippen LogP contribution in [0.2, 0.25) is 5.02 Å². The second-order valence-electron chi connectivity index (χ2n) is 4.83. The summed E-state index contributed by atoms with van der Waals surface area (Å²) in [6.07, 6.45) is -2.86. The lowest BCUT2D eigenvalue weighted by Crippen LogP contribution is -2.12. The summed E-state index contributed by atoms with van der Waals surface area (Å²) in [4.78, 5) is 11.9. The maximum absolute atomic E-state index is 12.8. The van der Waals surface area contributed by atoms with Gasteiger partial charge >= 0.3 is 0 Å². The average molecular weight is 382 g/mol. The Morgan fingerprint density at radius 3 is 2.64 bits per heavy atom. The molecule has 0 unspecified atom stereocenters. The molecule has 0 aliphatic heterocycles. The molecular formula is C16H10ClF2N3O2S. The Bertz CT molecular complexity index is 887. The van der Waals surface area contributed by atoms with Gasteiger partial charge in [-0.2, -0.15) is 0 Å². The van der Waals surface area contributed by atoms with Gasteiger partial charge in [-0.3, -0.25) is 4.79 Å². The predicted molar refractivity (Wildman–Crippen MR) is 90.8 cm³/mol. The molecule has 0 spiro atoms. The predicted octanol–water partition coefficient (Wildman–Crippen LogP) is 5.17. The molecule has 0 aliphatic rings. The minimum atomic E-state index is -2.86. The van der Waals surface area contributed by atoms with Gasteiger partial charge in [-0.1, -0.05) is 22.2 Å². The van der Waals surface area contributed by atoms with Crippen LogP contribution in [0.4, 0.5) is 14.5 Å². The summed E-state index contributed by atoms with van der Waals surface area (Å²) in [5.41, 5.74) is -0.235. The van der Waals surface area contributed by atoms with Crippen molar-refractivity contribution in [2.75, 3.05) is 5.32 Å². The molecule has 0 saturated carbocycles. The van der Waals surface area contributed by atoms with E-state index in [-0.39, 0.29) is 4.88 Å². The fraction of sp³-hybridized carbons (Fsp3) is 0.0625. The number of rotatable bonds is 5. The van der Waals surface area contributed by atoms with E-state index in [1.54, 1.807) is 48.5 Å². The van der Waals surface area contributed by atoms with Crippen LogP contribution in [0, 0.1) is 0 Å². The van der Waals surface area contributed by atoms with Crippen molar-refractivity contribution in [3.63, 3.8) is 0 Å². The lowest BCUT2D eigenvalue weighted by atomic mass is 10.2. The molecule has 1 N–H and O–H groups in total. The number of aromatic nitrogens is 2. The Morgan fingerprint density at radius 2 is 1.92 bits per heavy atom. The normalized spacial score (nSPS) is 10.7. The third-order valence-electron chi connectivity index (χ3n) is 3.07. The zero-order chi connectivity index (χ0) is 17.8. The topological polar surface area (TPSA) is 64.1 Å². The number of benzene rings is 2. The fourth-order valence-electron chi connectivity index (χ4n) is 1.96. The molecule has 0 aliphatic carbocycles. The molecule has 0 atom stereocenters. The van der Waals surface area contributed by atoms with Crippen molar-refractivity contribution in [2.45, 2.75) is 6.43 Å². The van der Waals surface area contributed by atoms with Crippen LogP contribution in [0.5, 0.6) is 11.5 Å². The number of hydrogen-bond acceptors (Lipinski definition) is 5. The highest BCUT2D eigenvalue weighted by Gasteiger charge is 2.23. The molecule has 1 aromatic heterocycles. The second-order valence-corrected chi connectivity index (χ2v) is 6.02. The molecule has 25 heavy (non-hydrogen) atoms. The van der Waals surface area contributed by atoms with Crippen molar-refractivity contribution in [3.05, 3.63) is 64.1 Å². The van der Waals surface area contributed by atoms with Crippen LogP contribution in [0.25, 0.3) is 0 Å². The van der Waals surface area contributed by atoms with Gasteiger partial charge in [0, 0.05) is 16.8 Å². The standard InChI is InChI=1S/C16H10ClF2N3O2S/c17-9-4-6-11(7-5-9)24-12-3-1-2-10(8-12)20-16(23)14-13(15(18)19)21-22-25-14/h1-8,15H,(H,20,23). The van der Waals surface area contributed by atoms with Crippen LogP contribution in [0.15, 0.2) is 48.5 Å². The van der Waals surface area contributed by atoms with E-state index < -0.39 is 18.0 Å². The Hall–Kier alpha value is -2.58. The van der Waals surface area contributed by atoms with E-state index in [4.69, 9.17) is 16.3 Å². The number of nitrogens with one attached hydrogen (secondary N) is 1. The van der Waals surface area contributed by atoms with Gasteiger partial charge in [0.05, 0.1) is 0 Å². The molecule has 128 valence electrons. The molecule has 9 heteroatoms. The molecule has 2 aromatic carbocycles. The molecule has 5 nitrogen and oxygen atoms in total. The van der Waals surface area contributed by atoms with Crippen molar-refractivity contribution < 1.29 is 18.3 Å². The number of nitrogens with zero attached hydrogens (tertiary/aromatic N) is 2. The summed E-state index contributed by atoms with van der Waals surface area (Å²) in [6, 6.07) is 13.3. The third-order valence-corrected chi connectivity index (χ3v) is 4.06. The van der Waals surface area contributed by atoms with Gasteiger partial charge in [0.1, 0.15) is 16.4 Å². The molecule has 3 rings (SSSR count). The highest BCUT2D eigenvalue weighted by atomic mass is 35.5. The molecular weight excluding hydrogens is 372 g/mol. The van der Waals surface area contributed by atoms with Crippen molar-refractivity contribution in [2.24, 2.45) is 0 Å². The van der Waals surface area contributed by atoms with E-state index in [9.17, 15) is 13.6 Å². The van der Waals surface area contributed by atoms with Crippen molar-refractivity contribution in [3.8, 4) is 11.5 Å². The monoisotopic (exact) mass is 381 g/mol. The first-order valence-corrected chi connectivity index (χ1v) is 8.13. The molecule has 1 amide bonds. The summed E-state index contributed by atoms with van der Waals surface area (Å²) in [5.74, 6) is 0.338. The zero-order valence-electron chi connectivity index (χ0n) is 12.4. The van der Waals surface area contributed by atoms with Gasteiger partial charge < -0.3 is 10.1 Å². The van der Waals surface area contributed by atoms with Crippen LogP contribution in [-0.2, 0) is 0 Å². The second kappa shape index (κ2) is 7.54.